The summed E-state index contributed by atoms with van der Waals surface area (Å²) >= 11 is 2.26. The minimum absolute atomic E-state index is 0. The van der Waals surface area contributed by atoms with Crippen molar-refractivity contribution in [2.45, 2.75) is 19.5 Å². The molecule has 0 unspecified atom stereocenters. The van der Waals surface area contributed by atoms with E-state index in [0.29, 0.717) is 5.96 Å². The Bertz CT molecular complexity index is 512. The van der Waals surface area contributed by atoms with Crippen LogP contribution in [0.1, 0.15) is 13.8 Å². The Morgan fingerprint density at radius 2 is 1.94 bits per heavy atom. The largest absolute Gasteiger partial charge is 0.369 e. The van der Waals surface area contributed by atoms with Crippen LogP contribution in [0.15, 0.2) is 34.3 Å². The Balaban J connectivity index is 0.00000162. The van der Waals surface area contributed by atoms with E-state index >= 15 is 0 Å². The van der Waals surface area contributed by atoms with Gasteiger partial charge in [-0.1, -0.05) is 6.07 Å². The molecule has 0 saturated heterocycles. The van der Waals surface area contributed by atoms with E-state index in [1.54, 1.807) is 0 Å². The molecule has 0 spiro atoms. The Morgan fingerprint density at radius 3 is 2.50 bits per heavy atom. The van der Waals surface area contributed by atoms with Crippen molar-refractivity contribution in [1.29, 1.82) is 0 Å². The summed E-state index contributed by atoms with van der Waals surface area (Å²) in [7, 11) is 0. The normalized spacial score (nSPS) is 17.6. The first-order valence-electron chi connectivity index (χ1n) is 5.15. The SMILES string of the molecule is CC1(C)N=C(N)N=C(N)N1c1cccc(I)c1.Cl. The van der Waals surface area contributed by atoms with Gasteiger partial charge in [0.2, 0.25) is 11.9 Å². The summed E-state index contributed by atoms with van der Waals surface area (Å²) in [6.07, 6.45) is 0. The molecule has 1 aliphatic heterocycles. The molecule has 1 aliphatic rings. The van der Waals surface area contributed by atoms with Crippen molar-refractivity contribution in [3.05, 3.63) is 27.8 Å². The topological polar surface area (TPSA) is 80.0 Å². The molecule has 0 bridgehead atoms. The molecular formula is C11H15ClIN5. The number of hydrogen-bond donors (Lipinski definition) is 2. The number of rotatable bonds is 1. The predicted octanol–water partition coefficient (Wildman–Crippen LogP) is 1.90. The van der Waals surface area contributed by atoms with Crippen LogP contribution in [0.2, 0.25) is 0 Å². The van der Waals surface area contributed by atoms with Gasteiger partial charge in [0.1, 0.15) is 5.66 Å². The molecule has 0 saturated carbocycles. The highest BCUT2D eigenvalue weighted by atomic mass is 127. The summed E-state index contributed by atoms with van der Waals surface area (Å²) in [5.41, 5.74) is 12.0. The number of benzene rings is 1. The second-order valence-corrected chi connectivity index (χ2v) is 5.50. The molecule has 0 amide bonds. The third-order valence-corrected chi connectivity index (χ3v) is 3.13. The van der Waals surface area contributed by atoms with Gasteiger partial charge in [-0.25, -0.2) is 4.99 Å². The second-order valence-electron chi connectivity index (χ2n) is 4.25. The lowest BCUT2D eigenvalue weighted by atomic mass is 10.1. The lowest BCUT2D eigenvalue weighted by Gasteiger charge is -2.38. The average molecular weight is 380 g/mol. The molecule has 98 valence electrons. The van der Waals surface area contributed by atoms with Gasteiger partial charge in [0, 0.05) is 9.26 Å². The highest BCUT2D eigenvalue weighted by Gasteiger charge is 2.32. The van der Waals surface area contributed by atoms with E-state index in [-0.39, 0.29) is 18.4 Å². The lowest BCUT2D eigenvalue weighted by molar-refractivity contribution is 0.534. The monoisotopic (exact) mass is 379 g/mol. The van der Waals surface area contributed by atoms with Gasteiger partial charge in [-0.2, -0.15) is 4.99 Å². The van der Waals surface area contributed by atoms with Crippen LogP contribution < -0.4 is 16.4 Å². The van der Waals surface area contributed by atoms with Crippen LogP contribution in [0.3, 0.4) is 0 Å². The summed E-state index contributed by atoms with van der Waals surface area (Å²) < 4.78 is 1.13. The van der Waals surface area contributed by atoms with Gasteiger partial charge < -0.3 is 11.5 Å². The van der Waals surface area contributed by atoms with Crippen LogP contribution in [0.4, 0.5) is 5.69 Å². The minimum atomic E-state index is -0.527. The maximum Gasteiger partial charge on any atom is 0.220 e. The zero-order valence-corrected chi connectivity index (χ0v) is 13.1. The van der Waals surface area contributed by atoms with Gasteiger partial charge in [-0.05, 0) is 54.6 Å². The maximum atomic E-state index is 5.94. The summed E-state index contributed by atoms with van der Waals surface area (Å²) in [6, 6.07) is 8.00. The Kier molecular flexibility index (Phi) is 4.44. The molecule has 0 fully saturated rings. The first kappa shape index (κ1) is 15.0. The first-order chi connectivity index (χ1) is 7.90. The molecule has 0 aromatic heterocycles. The number of nitrogens with zero attached hydrogens (tertiary/aromatic N) is 3. The minimum Gasteiger partial charge on any atom is -0.369 e. The smallest absolute Gasteiger partial charge is 0.220 e. The highest BCUT2D eigenvalue weighted by Crippen LogP contribution is 2.28. The molecule has 1 heterocycles. The second kappa shape index (κ2) is 5.31. The molecule has 0 radical (unpaired) electrons. The van der Waals surface area contributed by atoms with E-state index < -0.39 is 5.66 Å². The number of anilines is 1. The summed E-state index contributed by atoms with van der Waals surface area (Å²) in [4.78, 5) is 10.2. The van der Waals surface area contributed by atoms with Gasteiger partial charge in [0.25, 0.3) is 0 Å². The van der Waals surface area contributed by atoms with Crippen LogP contribution >= 0.6 is 35.0 Å². The molecular weight excluding hydrogens is 365 g/mol. The van der Waals surface area contributed by atoms with Gasteiger partial charge in [-0.15, -0.1) is 12.4 Å². The molecule has 1 aromatic carbocycles. The Labute approximate surface area is 126 Å². The fourth-order valence-corrected chi connectivity index (χ4v) is 2.39. The number of aliphatic imine (C=N–C) groups is 2. The van der Waals surface area contributed by atoms with Crippen LogP contribution in [0, 0.1) is 3.57 Å². The third kappa shape index (κ3) is 2.86. The van der Waals surface area contributed by atoms with Gasteiger partial charge in [0.15, 0.2) is 0 Å². The molecule has 5 nitrogen and oxygen atoms in total. The van der Waals surface area contributed by atoms with E-state index in [1.165, 1.54) is 0 Å². The van der Waals surface area contributed by atoms with E-state index in [9.17, 15) is 0 Å². The molecule has 1 aromatic rings. The van der Waals surface area contributed by atoms with Crippen molar-refractivity contribution in [3.63, 3.8) is 0 Å². The van der Waals surface area contributed by atoms with Crippen LogP contribution in [-0.2, 0) is 0 Å². The lowest BCUT2D eigenvalue weighted by Crippen LogP contribution is -2.54. The quantitative estimate of drug-likeness (QED) is 0.731. The number of guanidine groups is 2. The number of halogens is 2. The molecule has 18 heavy (non-hydrogen) atoms. The fraction of sp³-hybridized carbons (Fsp3) is 0.273. The summed E-state index contributed by atoms with van der Waals surface area (Å²) in [6.45, 7) is 3.89. The third-order valence-electron chi connectivity index (χ3n) is 2.46. The van der Waals surface area contributed by atoms with E-state index in [2.05, 4.69) is 32.6 Å². The van der Waals surface area contributed by atoms with Gasteiger partial charge >= 0.3 is 0 Å². The average Bonchev–Trinajstić information content (AvgIpc) is 2.13. The van der Waals surface area contributed by atoms with Crippen LogP contribution in [0.5, 0.6) is 0 Å². The van der Waals surface area contributed by atoms with Crippen molar-refractivity contribution < 1.29 is 0 Å². The van der Waals surface area contributed by atoms with Crippen molar-refractivity contribution >= 4 is 52.6 Å². The van der Waals surface area contributed by atoms with Crippen LogP contribution in [0.25, 0.3) is 0 Å². The van der Waals surface area contributed by atoms with Crippen molar-refractivity contribution in [2.24, 2.45) is 21.5 Å². The molecule has 7 heteroatoms. The van der Waals surface area contributed by atoms with Crippen molar-refractivity contribution in [2.75, 3.05) is 4.90 Å². The molecule has 0 aliphatic carbocycles. The molecule has 0 atom stereocenters. The highest BCUT2D eigenvalue weighted by molar-refractivity contribution is 14.1. The van der Waals surface area contributed by atoms with Gasteiger partial charge in [0.05, 0.1) is 0 Å². The fourth-order valence-electron chi connectivity index (χ4n) is 1.87. The van der Waals surface area contributed by atoms with Gasteiger partial charge in [-0.3, -0.25) is 4.90 Å². The van der Waals surface area contributed by atoms with Crippen molar-refractivity contribution in [3.8, 4) is 0 Å². The maximum absolute atomic E-state index is 5.94. The molecule has 4 N–H and O–H groups in total. The van der Waals surface area contributed by atoms with E-state index in [0.717, 1.165) is 9.26 Å². The first-order valence-corrected chi connectivity index (χ1v) is 6.23. The van der Waals surface area contributed by atoms with Crippen LogP contribution in [-0.4, -0.2) is 17.6 Å². The van der Waals surface area contributed by atoms with E-state index in [4.69, 9.17) is 11.5 Å². The number of nitrogens with two attached hydrogens (primary N) is 2. The van der Waals surface area contributed by atoms with E-state index in [1.807, 2.05) is 43.0 Å². The molecule has 2 rings (SSSR count). The number of hydrogen-bond acceptors (Lipinski definition) is 5. The zero-order valence-electron chi connectivity index (χ0n) is 10.1. The Hall–Kier alpha value is -1.02. The summed E-state index contributed by atoms with van der Waals surface area (Å²) in [5.74, 6) is 0.582. The predicted molar refractivity (Wildman–Crippen MR) is 86.2 cm³/mol. The van der Waals surface area contributed by atoms with Crippen molar-refractivity contribution in [1.82, 2.24) is 0 Å². The Morgan fingerprint density at radius 1 is 1.28 bits per heavy atom. The standard InChI is InChI=1S/C11H14IN5.ClH/c1-11(2)16-9(13)15-10(14)17(11)8-5-3-4-7(12)6-8;/h3-6H,1-2H3,(H4,13,14,15,16);1H. The summed E-state index contributed by atoms with van der Waals surface area (Å²) in [5, 5.41) is 0. The zero-order chi connectivity index (χ0) is 12.6.